The molecule has 5 nitrogen and oxygen atoms in total. The molecular weight excluding hydrogens is 330 g/mol. The first-order valence-electron chi connectivity index (χ1n) is 10.9. The molecule has 0 amide bonds. The fraction of sp³-hybridized carbons (Fsp3) is 1.00. The van der Waals surface area contributed by atoms with Crippen molar-refractivity contribution in [1.29, 1.82) is 0 Å². The van der Waals surface area contributed by atoms with E-state index in [2.05, 4.69) is 11.8 Å². The molecule has 0 bridgehead atoms. The van der Waals surface area contributed by atoms with E-state index in [0.717, 1.165) is 25.7 Å². The van der Waals surface area contributed by atoms with Crippen molar-refractivity contribution in [3.8, 4) is 0 Å². The average molecular weight is 376 g/mol. The number of hydrogen-bond acceptors (Lipinski definition) is 5. The molecule has 0 rings (SSSR count). The molecule has 0 fully saturated rings. The summed E-state index contributed by atoms with van der Waals surface area (Å²) < 4.78 is 0. The van der Waals surface area contributed by atoms with Crippen LogP contribution < -0.4 is 0 Å². The zero-order valence-electron chi connectivity index (χ0n) is 17.3. The lowest BCUT2D eigenvalue weighted by atomic mass is 10.1. The Morgan fingerprint density at radius 2 is 1.12 bits per heavy atom. The van der Waals surface area contributed by atoms with Crippen LogP contribution in [0.3, 0.4) is 0 Å². The molecule has 158 valence electrons. The summed E-state index contributed by atoms with van der Waals surface area (Å²) in [5, 5.41) is 38.3. The van der Waals surface area contributed by atoms with Gasteiger partial charge in [-0.1, -0.05) is 71.6 Å². The molecule has 0 aromatic rings. The Balaban J connectivity index is 3.96. The average Bonchev–Trinajstić information content (AvgIpc) is 2.57. The second kappa shape index (κ2) is 18.2. The minimum Gasteiger partial charge on any atom is -0.392 e. The molecule has 0 aliphatic heterocycles. The van der Waals surface area contributed by atoms with E-state index in [4.69, 9.17) is 10.2 Å². The maximum Gasteiger partial charge on any atom is 0.151 e. The molecule has 0 saturated heterocycles. The van der Waals surface area contributed by atoms with Crippen molar-refractivity contribution in [3.05, 3.63) is 0 Å². The number of aliphatic hydroxyl groups excluding tert-OH is 3. The van der Waals surface area contributed by atoms with E-state index < -0.39 is 6.29 Å². The first-order valence-corrected chi connectivity index (χ1v) is 10.9. The van der Waals surface area contributed by atoms with Gasteiger partial charge in [-0.3, -0.25) is 4.90 Å². The monoisotopic (exact) mass is 375 g/mol. The largest absolute Gasteiger partial charge is 0.392 e. The van der Waals surface area contributed by atoms with E-state index in [-0.39, 0.29) is 12.2 Å². The van der Waals surface area contributed by atoms with E-state index in [1.54, 1.807) is 0 Å². The maximum absolute atomic E-state index is 10.3. The van der Waals surface area contributed by atoms with Crippen LogP contribution in [0.25, 0.3) is 0 Å². The van der Waals surface area contributed by atoms with Crippen LogP contribution >= 0.6 is 0 Å². The molecule has 4 N–H and O–H groups in total. The zero-order chi connectivity index (χ0) is 19.6. The van der Waals surface area contributed by atoms with Gasteiger partial charge in [-0.15, -0.1) is 0 Å². The Labute approximate surface area is 161 Å². The highest BCUT2D eigenvalue weighted by Crippen LogP contribution is 2.12. The fourth-order valence-electron chi connectivity index (χ4n) is 3.38. The topological polar surface area (TPSA) is 84.2 Å². The van der Waals surface area contributed by atoms with Crippen LogP contribution in [0.15, 0.2) is 0 Å². The molecular formula is C21H45NO4. The molecule has 0 heterocycles. The highest BCUT2D eigenvalue weighted by molar-refractivity contribution is 4.69. The van der Waals surface area contributed by atoms with Gasteiger partial charge >= 0.3 is 0 Å². The lowest BCUT2D eigenvalue weighted by Gasteiger charge is -2.27. The summed E-state index contributed by atoms with van der Waals surface area (Å²) in [6.07, 6.45) is 11.5. The van der Waals surface area contributed by atoms with Crippen LogP contribution in [-0.2, 0) is 0 Å². The minimum absolute atomic E-state index is 0.328. The van der Waals surface area contributed by atoms with E-state index >= 15 is 0 Å². The summed E-state index contributed by atoms with van der Waals surface area (Å²) in [6.45, 7) is 6.06. The van der Waals surface area contributed by atoms with Crippen molar-refractivity contribution >= 4 is 0 Å². The summed E-state index contributed by atoms with van der Waals surface area (Å²) in [5.41, 5.74) is 0. The minimum atomic E-state index is -1.28. The van der Waals surface area contributed by atoms with Gasteiger partial charge in [0.05, 0.1) is 12.2 Å². The van der Waals surface area contributed by atoms with Gasteiger partial charge in [0.25, 0.3) is 0 Å². The third kappa shape index (κ3) is 17.2. The standard InChI is InChI=1S/C21H45NO4/c1-3-5-6-7-8-9-10-11-14-20(24)18-22(16-12-15-21(25)26)17-19(23)13-4-2/h19-21,23-26H,3-18H2,1-2H3. The predicted octanol–water partition coefficient (Wildman–Crippen LogP) is 3.43. The van der Waals surface area contributed by atoms with E-state index in [1.165, 1.54) is 44.9 Å². The lowest BCUT2D eigenvalue weighted by molar-refractivity contribution is -0.0484. The number of aliphatic hydroxyl groups is 4. The van der Waals surface area contributed by atoms with E-state index in [1.807, 2.05) is 6.92 Å². The predicted molar refractivity (Wildman–Crippen MR) is 108 cm³/mol. The highest BCUT2D eigenvalue weighted by atomic mass is 16.5. The van der Waals surface area contributed by atoms with E-state index in [9.17, 15) is 10.2 Å². The molecule has 0 radical (unpaired) electrons. The van der Waals surface area contributed by atoms with Gasteiger partial charge in [0.2, 0.25) is 0 Å². The van der Waals surface area contributed by atoms with Crippen LogP contribution in [0.5, 0.6) is 0 Å². The number of unbranched alkanes of at least 4 members (excludes halogenated alkanes) is 7. The summed E-state index contributed by atoms with van der Waals surface area (Å²) in [6, 6.07) is 0. The molecule has 0 aliphatic rings. The highest BCUT2D eigenvalue weighted by Gasteiger charge is 2.15. The van der Waals surface area contributed by atoms with Gasteiger partial charge in [0, 0.05) is 13.1 Å². The molecule has 2 atom stereocenters. The van der Waals surface area contributed by atoms with Crippen LogP contribution in [0.1, 0.15) is 97.3 Å². The van der Waals surface area contributed by atoms with Gasteiger partial charge in [-0.05, 0) is 32.2 Å². The first-order chi connectivity index (χ1) is 12.5. The summed E-state index contributed by atoms with van der Waals surface area (Å²) >= 11 is 0. The van der Waals surface area contributed by atoms with Crippen molar-refractivity contribution in [2.24, 2.45) is 0 Å². The van der Waals surface area contributed by atoms with E-state index in [0.29, 0.717) is 32.5 Å². The van der Waals surface area contributed by atoms with Crippen LogP contribution in [0.2, 0.25) is 0 Å². The van der Waals surface area contributed by atoms with Crippen molar-refractivity contribution in [2.75, 3.05) is 19.6 Å². The van der Waals surface area contributed by atoms with Crippen LogP contribution in [0.4, 0.5) is 0 Å². The normalized spacial score (nSPS) is 14.3. The fourth-order valence-corrected chi connectivity index (χ4v) is 3.38. The zero-order valence-corrected chi connectivity index (χ0v) is 17.3. The van der Waals surface area contributed by atoms with Crippen molar-refractivity contribution in [1.82, 2.24) is 4.90 Å². The molecule has 0 spiro atoms. The Morgan fingerprint density at radius 3 is 1.65 bits per heavy atom. The van der Waals surface area contributed by atoms with Gasteiger partial charge in [-0.2, -0.15) is 0 Å². The molecule has 5 heteroatoms. The van der Waals surface area contributed by atoms with Gasteiger partial charge in [0.1, 0.15) is 0 Å². The molecule has 26 heavy (non-hydrogen) atoms. The summed E-state index contributed by atoms with van der Waals surface area (Å²) in [4.78, 5) is 2.07. The quantitative estimate of drug-likeness (QED) is 0.205. The van der Waals surface area contributed by atoms with Crippen LogP contribution in [0, 0.1) is 0 Å². The Hall–Kier alpha value is -0.200. The first kappa shape index (κ1) is 25.8. The smallest absolute Gasteiger partial charge is 0.151 e. The van der Waals surface area contributed by atoms with Gasteiger partial charge in [0.15, 0.2) is 6.29 Å². The summed E-state index contributed by atoms with van der Waals surface area (Å²) in [5.74, 6) is 0. The Kier molecular flexibility index (Phi) is 18.0. The summed E-state index contributed by atoms with van der Waals surface area (Å²) in [7, 11) is 0. The number of nitrogens with zero attached hydrogens (tertiary/aromatic N) is 1. The van der Waals surface area contributed by atoms with Gasteiger partial charge < -0.3 is 20.4 Å². The van der Waals surface area contributed by atoms with Crippen LogP contribution in [-0.4, -0.2) is 63.5 Å². The molecule has 0 aliphatic carbocycles. The third-order valence-corrected chi connectivity index (χ3v) is 4.89. The van der Waals surface area contributed by atoms with Gasteiger partial charge in [-0.25, -0.2) is 0 Å². The molecule has 2 unspecified atom stereocenters. The maximum atomic E-state index is 10.3. The Morgan fingerprint density at radius 1 is 0.577 bits per heavy atom. The molecule has 0 aromatic heterocycles. The van der Waals surface area contributed by atoms with Crippen molar-refractivity contribution in [3.63, 3.8) is 0 Å². The molecule has 0 saturated carbocycles. The van der Waals surface area contributed by atoms with Crippen molar-refractivity contribution < 1.29 is 20.4 Å². The number of hydrogen-bond donors (Lipinski definition) is 4. The Bertz CT molecular complexity index is 289. The SMILES string of the molecule is CCCCCCCCCCC(O)CN(CCCC(O)O)CC(O)CCC. The third-order valence-electron chi connectivity index (χ3n) is 4.89. The molecule has 0 aromatic carbocycles. The number of rotatable bonds is 19. The van der Waals surface area contributed by atoms with Crippen molar-refractivity contribution in [2.45, 2.75) is 116 Å². The second-order valence-corrected chi connectivity index (χ2v) is 7.74. The second-order valence-electron chi connectivity index (χ2n) is 7.74. The lowest BCUT2D eigenvalue weighted by Crippen LogP contribution is -2.39.